The van der Waals surface area contributed by atoms with E-state index in [4.69, 9.17) is 9.47 Å². The molecule has 0 bridgehead atoms. The molecule has 3 aliphatic rings. The van der Waals surface area contributed by atoms with Crippen LogP contribution in [-0.2, 0) is 9.47 Å². The van der Waals surface area contributed by atoms with Gasteiger partial charge in [-0.05, 0) is 37.3 Å². The molecule has 0 N–H and O–H groups in total. The molecule has 1 spiro atoms. The third-order valence-corrected chi connectivity index (χ3v) is 5.78. The summed E-state index contributed by atoms with van der Waals surface area (Å²) in [5.74, 6) is 0.776. The molecule has 1 saturated carbocycles. The number of nitrogens with zero attached hydrogens (tertiary/aromatic N) is 2. The predicted octanol–water partition coefficient (Wildman–Crippen LogP) is 3.04. The summed E-state index contributed by atoms with van der Waals surface area (Å²) in [5.41, 5.74) is 1.16. The van der Waals surface area contributed by atoms with Crippen molar-refractivity contribution in [2.24, 2.45) is 5.92 Å². The molecule has 1 aromatic heterocycles. The second kappa shape index (κ2) is 6.32. The number of rotatable bonds is 4. The minimum atomic E-state index is -0.209. The molecule has 2 aromatic rings. The Balaban J connectivity index is 1.22. The second-order valence-electron chi connectivity index (χ2n) is 7.97. The molecule has 26 heavy (non-hydrogen) atoms. The van der Waals surface area contributed by atoms with E-state index in [2.05, 4.69) is 4.98 Å². The Labute approximate surface area is 153 Å². The van der Waals surface area contributed by atoms with E-state index in [0.717, 1.165) is 42.9 Å². The number of fused-ring (bicyclic) bond motifs is 1. The van der Waals surface area contributed by atoms with E-state index in [0.29, 0.717) is 18.8 Å². The average Bonchev–Trinajstić information content (AvgIpc) is 3.48. The number of likely N-dealkylation sites (tertiary alicyclic amines) is 1. The molecule has 2 saturated heterocycles. The molecule has 0 unspecified atom stereocenters. The number of para-hydroxylation sites is 1. The lowest BCUT2D eigenvalue weighted by Gasteiger charge is -2.52. The predicted molar refractivity (Wildman–Crippen MR) is 98.0 cm³/mol. The van der Waals surface area contributed by atoms with Gasteiger partial charge in [-0.15, -0.1) is 0 Å². The van der Waals surface area contributed by atoms with Crippen LogP contribution in [0.15, 0.2) is 36.4 Å². The van der Waals surface area contributed by atoms with E-state index in [-0.39, 0.29) is 17.6 Å². The second-order valence-corrected chi connectivity index (χ2v) is 7.97. The molecular weight excluding hydrogens is 328 g/mol. The van der Waals surface area contributed by atoms with Gasteiger partial charge in [-0.3, -0.25) is 4.79 Å². The van der Waals surface area contributed by atoms with Crippen molar-refractivity contribution < 1.29 is 14.3 Å². The van der Waals surface area contributed by atoms with Crippen LogP contribution in [0.4, 0.5) is 0 Å². The van der Waals surface area contributed by atoms with Gasteiger partial charge in [0, 0.05) is 25.0 Å². The maximum atomic E-state index is 12.8. The molecule has 3 fully saturated rings. The summed E-state index contributed by atoms with van der Waals surface area (Å²) < 4.78 is 12.1. The molecule has 1 atom stereocenters. The number of ether oxygens (including phenoxy) is 2. The lowest BCUT2D eigenvalue weighted by molar-refractivity contribution is -0.186. The molecule has 5 nitrogen and oxygen atoms in total. The van der Waals surface area contributed by atoms with Crippen LogP contribution in [0.1, 0.15) is 36.2 Å². The van der Waals surface area contributed by atoms with Gasteiger partial charge in [0.25, 0.3) is 5.91 Å². The highest BCUT2D eigenvalue weighted by Crippen LogP contribution is 2.37. The molecule has 2 aliphatic heterocycles. The minimum absolute atomic E-state index is 0.00833. The summed E-state index contributed by atoms with van der Waals surface area (Å²) in [6.07, 6.45) is 4.77. The molecule has 1 aliphatic carbocycles. The van der Waals surface area contributed by atoms with Gasteiger partial charge in [0.2, 0.25) is 0 Å². The maximum absolute atomic E-state index is 12.8. The first-order valence-electron chi connectivity index (χ1n) is 9.61. The number of benzene rings is 1. The monoisotopic (exact) mass is 352 g/mol. The van der Waals surface area contributed by atoms with Crippen LogP contribution in [0.5, 0.6) is 0 Å². The van der Waals surface area contributed by atoms with Crippen molar-refractivity contribution in [3.8, 4) is 0 Å². The van der Waals surface area contributed by atoms with Crippen molar-refractivity contribution in [3.05, 3.63) is 42.1 Å². The third-order valence-electron chi connectivity index (χ3n) is 5.78. The first-order chi connectivity index (χ1) is 12.7. The fraction of sp³-hybridized carbons (Fsp3) is 0.524. The van der Waals surface area contributed by atoms with Crippen molar-refractivity contribution in [3.63, 3.8) is 0 Å². The number of carbonyl (C=O) groups excluding carboxylic acids is 1. The summed E-state index contributed by atoms with van der Waals surface area (Å²) in [6, 6.07) is 11.7. The van der Waals surface area contributed by atoms with Crippen LogP contribution in [0.3, 0.4) is 0 Å². The van der Waals surface area contributed by atoms with Gasteiger partial charge in [0.15, 0.2) is 0 Å². The summed E-state index contributed by atoms with van der Waals surface area (Å²) in [4.78, 5) is 19.2. The maximum Gasteiger partial charge on any atom is 0.272 e. The summed E-state index contributed by atoms with van der Waals surface area (Å²) in [5, 5.41) is 1.05. The van der Waals surface area contributed by atoms with E-state index in [1.165, 1.54) is 12.8 Å². The molecule has 1 aromatic carbocycles. The zero-order valence-corrected chi connectivity index (χ0v) is 14.9. The fourth-order valence-corrected chi connectivity index (χ4v) is 4.04. The Morgan fingerprint density at radius 3 is 2.88 bits per heavy atom. The molecule has 1 amide bonds. The van der Waals surface area contributed by atoms with Crippen LogP contribution >= 0.6 is 0 Å². The van der Waals surface area contributed by atoms with Gasteiger partial charge in [0.05, 0.1) is 24.7 Å². The Kier molecular flexibility index (Phi) is 3.94. The Hall–Kier alpha value is -1.98. The minimum Gasteiger partial charge on any atom is -0.378 e. The number of amides is 1. The molecule has 5 rings (SSSR count). The Morgan fingerprint density at radius 1 is 1.19 bits per heavy atom. The molecular formula is C21H24N2O3. The first kappa shape index (κ1) is 16.2. The summed E-state index contributed by atoms with van der Waals surface area (Å²) >= 11 is 0. The van der Waals surface area contributed by atoms with Crippen molar-refractivity contribution in [1.29, 1.82) is 0 Å². The smallest absolute Gasteiger partial charge is 0.272 e. The highest BCUT2D eigenvalue weighted by Gasteiger charge is 2.50. The molecule has 0 radical (unpaired) electrons. The highest BCUT2D eigenvalue weighted by molar-refractivity contribution is 5.95. The third kappa shape index (κ3) is 3.10. The van der Waals surface area contributed by atoms with Crippen molar-refractivity contribution in [2.45, 2.75) is 37.4 Å². The average molecular weight is 352 g/mol. The quantitative estimate of drug-likeness (QED) is 0.849. The van der Waals surface area contributed by atoms with Crippen molar-refractivity contribution in [1.82, 2.24) is 9.88 Å². The van der Waals surface area contributed by atoms with Gasteiger partial charge in [-0.1, -0.05) is 24.3 Å². The van der Waals surface area contributed by atoms with E-state index in [1.807, 2.05) is 41.3 Å². The Bertz CT molecular complexity index is 827. The van der Waals surface area contributed by atoms with Crippen LogP contribution < -0.4 is 0 Å². The standard InChI is InChI=1S/C21H24N2O3/c24-20(19-8-7-16-3-1-2-4-18(16)22-19)23-13-21(14-23)11-17(9-10-26-21)25-12-15-5-6-15/h1-4,7-8,15,17H,5-6,9-14H2/t17-/m0/s1. The van der Waals surface area contributed by atoms with E-state index >= 15 is 0 Å². The van der Waals surface area contributed by atoms with Gasteiger partial charge >= 0.3 is 0 Å². The normalized spacial score (nSPS) is 24.6. The van der Waals surface area contributed by atoms with Crippen molar-refractivity contribution in [2.75, 3.05) is 26.3 Å². The topological polar surface area (TPSA) is 51.7 Å². The van der Waals surface area contributed by atoms with Gasteiger partial charge in [-0.2, -0.15) is 0 Å². The number of carbonyl (C=O) groups is 1. The van der Waals surface area contributed by atoms with E-state index in [9.17, 15) is 4.79 Å². The van der Waals surface area contributed by atoms with Crippen LogP contribution in [0.25, 0.3) is 10.9 Å². The lowest BCUT2D eigenvalue weighted by Crippen LogP contribution is -2.67. The van der Waals surface area contributed by atoms with Crippen molar-refractivity contribution >= 4 is 16.8 Å². The van der Waals surface area contributed by atoms with Crippen LogP contribution in [0.2, 0.25) is 0 Å². The molecule has 136 valence electrons. The molecule has 3 heterocycles. The number of pyridine rings is 1. The summed E-state index contributed by atoms with van der Waals surface area (Å²) in [6.45, 7) is 2.91. The highest BCUT2D eigenvalue weighted by atomic mass is 16.5. The van der Waals surface area contributed by atoms with Gasteiger partial charge in [0.1, 0.15) is 11.3 Å². The fourth-order valence-electron chi connectivity index (χ4n) is 4.04. The van der Waals surface area contributed by atoms with E-state index in [1.54, 1.807) is 0 Å². The van der Waals surface area contributed by atoms with Gasteiger partial charge in [-0.25, -0.2) is 4.98 Å². The van der Waals surface area contributed by atoms with Crippen LogP contribution in [-0.4, -0.2) is 53.8 Å². The first-order valence-corrected chi connectivity index (χ1v) is 9.61. The largest absolute Gasteiger partial charge is 0.378 e. The number of aromatic nitrogens is 1. The number of hydrogen-bond donors (Lipinski definition) is 0. The molecule has 5 heteroatoms. The summed E-state index contributed by atoms with van der Waals surface area (Å²) in [7, 11) is 0. The van der Waals surface area contributed by atoms with E-state index < -0.39 is 0 Å². The zero-order chi connectivity index (χ0) is 17.6. The number of hydrogen-bond acceptors (Lipinski definition) is 4. The van der Waals surface area contributed by atoms with Gasteiger partial charge < -0.3 is 14.4 Å². The zero-order valence-electron chi connectivity index (χ0n) is 14.9. The Morgan fingerprint density at radius 2 is 2.04 bits per heavy atom. The SMILES string of the molecule is O=C(c1ccc2ccccc2n1)N1CC2(C[C@@H](OCC3CC3)CCO2)C1. The van der Waals surface area contributed by atoms with Crippen LogP contribution in [0, 0.1) is 5.92 Å². The lowest BCUT2D eigenvalue weighted by atomic mass is 9.84.